The van der Waals surface area contributed by atoms with Gasteiger partial charge >= 0.3 is 6.09 Å². The number of amides is 1. The van der Waals surface area contributed by atoms with Gasteiger partial charge in [0.05, 0.1) is 6.04 Å². The van der Waals surface area contributed by atoms with Gasteiger partial charge in [0.15, 0.2) is 0 Å². The second-order valence-corrected chi connectivity index (χ2v) is 3.79. The summed E-state index contributed by atoms with van der Waals surface area (Å²) in [5.74, 6) is 0. The van der Waals surface area contributed by atoms with E-state index in [-0.39, 0.29) is 12.1 Å². The van der Waals surface area contributed by atoms with Gasteiger partial charge in [-0.2, -0.15) is 0 Å². The normalized spacial score (nSPS) is 19.9. The summed E-state index contributed by atoms with van der Waals surface area (Å²) >= 11 is 0. The first kappa shape index (κ1) is 10.9. The second-order valence-electron chi connectivity index (χ2n) is 3.79. The molecule has 1 aromatic heterocycles. The van der Waals surface area contributed by atoms with Crippen molar-refractivity contribution >= 4 is 6.09 Å². The number of carbonyl (C=O) groups excluding carboxylic acids is 1. The molecule has 1 aromatic rings. The van der Waals surface area contributed by atoms with E-state index in [0.717, 1.165) is 12.0 Å². The molecule has 2 N–H and O–H groups in total. The average molecular weight is 221 g/mol. The molecule has 1 aliphatic rings. The molecule has 0 aromatic carbocycles. The second kappa shape index (κ2) is 4.94. The van der Waals surface area contributed by atoms with Crippen molar-refractivity contribution in [3.63, 3.8) is 0 Å². The molecule has 0 radical (unpaired) electrons. The fourth-order valence-corrected chi connectivity index (χ4v) is 1.80. The first-order chi connectivity index (χ1) is 7.81. The number of rotatable bonds is 4. The summed E-state index contributed by atoms with van der Waals surface area (Å²) in [7, 11) is 0. The molecule has 0 aliphatic carbocycles. The molecule has 1 fully saturated rings. The summed E-state index contributed by atoms with van der Waals surface area (Å²) in [6.45, 7) is 1.57. The van der Waals surface area contributed by atoms with Gasteiger partial charge in [0.2, 0.25) is 0 Å². The third kappa shape index (κ3) is 2.30. The molecule has 5 nitrogen and oxygen atoms in total. The van der Waals surface area contributed by atoms with Crippen LogP contribution in [0.5, 0.6) is 0 Å². The first-order valence-electron chi connectivity index (χ1n) is 5.33. The highest BCUT2D eigenvalue weighted by atomic mass is 16.6. The van der Waals surface area contributed by atoms with Gasteiger partial charge in [0.25, 0.3) is 0 Å². The molecule has 1 saturated heterocycles. The van der Waals surface area contributed by atoms with Gasteiger partial charge in [0, 0.05) is 18.9 Å². The lowest BCUT2D eigenvalue weighted by atomic mass is 10.2. The minimum atomic E-state index is -0.254. The molecular formula is C11H15N3O2. The van der Waals surface area contributed by atoms with Crippen molar-refractivity contribution in [1.29, 1.82) is 0 Å². The van der Waals surface area contributed by atoms with Gasteiger partial charge in [-0.1, -0.05) is 0 Å². The van der Waals surface area contributed by atoms with Gasteiger partial charge in [0.1, 0.15) is 6.61 Å². The van der Waals surface area contributed by atoms with Crippen LogP contribution in [0.2, 0.25) is 0 Å². The Hall–Kier alpha value is -1.62. The first-order valence-corrected chi connectivity index (χ1v) is 5.33. The quantitative estimate of drug-likeness (QED) is 0.814. The van der Waals surface area contributed by atoms with Crippen LogP contribution in [0.4, 0.5) is 4.79 Å². The van der Waals surface area contributed by atoms with Gasteiger partial charge in [-0.25, -0.2) is 4.79 Å². The Balaban J connectivity index is 2.04. The molecule has 1 aliphatic heterocycles. The van der Waals surface area contributed by atoms with Crippen molar-refractivity contribution < 1.29 is 9.53 Å². The minimum Gasteiger partial charge on any atom is -0.447 e. The van der Waals surface area contributed by atoms with Crippen molar-refractivity contribution in [1.82, 2.24) is 9.88 Å². The molecule has 1 unspecified atom stereocenters. The zero-order chi connectivity index (χ0) is 11.4. The lowest BCUT2D eigenvalue weighted by molar-refractivity contribution is 0.156. The lowest BCUT2D eigenvalue weighted by Gasteiger charge is -2.20. The molecule has 0 bridgehead atoms. The van der Waals surface area contributed by atoms with E-state index in [1.54, 1.807) is 17.3 Å². The van der Waals surface area contributed by atoms with Gasteiger partial charge in [-0.3, -0.25) is 9.88 Å². The Kier molecular flexibility index (Phi) is 3.36. The topological polar surface area (TPSA) is 68.5 Å². The summed E-state index contributed by atoms with van der Waals surface area (Å²) in [6.07, 6.45) is 3.95. The standard InChI is InChI=1S/C11H15N3O2/c12-4-1-10-8-16-11(15)14(10)7-9-2-5-13-6-3-9/h2-3,5-6,10H,1,4,7-8,12H2. The highest BCUT2D eigenvalue weighted by Crippen LogP contribution is 2.17. The number of hydrogen-bond acceptors (Lipinski definition) is 4. The Bertz CT molecular complexity index is 356. The fourth-order valence-electron chi connectivity index (χ4n) is 1.80. The number of cyclic esters (lactones) is 1. The number of carbonyl (C=O) groups is 1. The predicted octanol–water partition coefficient (Wildman–Crippen LogP) is 0.751. The summed E-state index contributed by atoms with van der Waals surface area (Å²) < 4.78 is 5.02. The Morgan fingerprint density at radius 3 is 2.94 bits per heavy atom. The number of hydrogen-bond donors (Lipinski definition) is 1. The highest BCUT2D eigenvalue weighted by Gasteiger charge is 2.31. The Morgan fingerprint density at radius 1 is 1.50 bits per heavy atom. The molecule has 1 amide bonds. The minimum absolute atomic E-state index is 0.102. The van der Waals surface area contributed by atoms with E-state index in [2.05, 4.69) is 4.98 Å². The maximum absolute atomic E-state index is 11.5. The molecule has 0 spiro atoms. The highest BCUT2D eigenvalue weighted by molar-refractivity contribution is 5.70. The fraction of sp³-hybridized carbons (Fsp3) is 0.455. The van der Waals surface area contributed by atoms with Crippen molar-refractivity contribution in [3.8, 4) is 0 Å². The van der Waals surface area contributed by atoms with Crippen LogP contribution < -0.4 is 5.73 Å². The van der Waals surface area contributed by atoms with Crippen LogP contribution >= 0.6 is 0 Å². The summed E-state index contributed by atoms with van der Waals surface area (Å²) in [5, 5.41) is 0. The molecule has 86 valence electrons. The van der Waals surface area contributed by atoms with Crippen LogP contribution in [0, 0.1) is 0 Å². The SMILES string of the molecule is NCCC1COC(=O)N1Cc1ccncc1. The van der Waals surface area contributed by atoms with Crippen LogP contribution in [0.1, 0.15) is 12.0 Å². The van der Waals surface area contributed by atoms with E-state index >= 15 is 0 Å². The van der Waals surface area contributed by atoms with E-state index in [0.29, 0.717) is 19.7 Å². The summed E-state index contributed by atoms with van der Waals surface area (Å²) in [4.78, 5) is 17.2. The number of nitrogens with two attached hydrogens (primary N) is 1. The predicted molar refractivity (Wildman–Crippen MR) is 58.6 cm³/mol. The summed E-state index contributed by atoms with van der Waals surface area (Å²) in [5.41, 5.74) is 6.56. The number of aromatic nitrogens is 1. The average Bonchev–Trinajstić information content (AvgIpc) is 2.64. The van der Waals surface area contributed by atoms with Crippen LogP contribution in [0.3, 0.4) is 0 Å². The van der Waals surface area contributed by atoms with Gasteiger partial charge in [-0.15, -0.1) is 0 Å². The third-order valence-corrected chi connectivity index (χ3v) is 2.68. The summed E-state index contributed by atoms with van der Waals surface area (Å²) in [6, 6.07) is 3.89. The maximum atomic E-state index is 11.5. The number of nitrogens with zero attached hydrogens (tertiary/aromatic N) is 2. The van der Waals surface area contributed by atoms with Crippen LogP contribution in [-0.4, -0.2) is 35.2 Å². The molecular weight excluding hydrogens is 206 g/mol. The lowest BCUT2D eigenvalue weighted by Crippen LogP contribution is -2.34. The van der Waals surface area contributed by atoms with E-state index in [1.807, 2.05) is 12.1 Å². The smallest absolute Gasteiger partial charge is 0.410 e. The Morgan fingerprint density at radius 2 is 2.25 bits per heavy atom. The van der Waals surface area contributed by atoms with E-state index in [9.17, 15) is 4.79 Å². The molecule has 5 heteroatoms. The zero-order valence-corrected chi connectivity index (χ0v) is 9.00. The van der Waals surface area contributed by atoms with Crippen molar-refractivity contribution in [2.75, 3.05) is 13.2 Å². The van der Waals surface area contributed by atoms with E-state index in [1.165, 1.54) is 0 Å². The number of ether oxygens (including phenoxy) is 1. The van der Waals surface area contributed by atoms with E-state index in [4.69, 9.17) is 10.5 Å². The molecule has 2 heterocycles. The van der Waals surface area contributed by atoms with Crippen LogP contribution in [-0.2, 0) is 11.3 Å². The zero-order valence-electron chi connectivity index (χ0n) is 9.00. The largest absolute Gasteiger partial charge is 0.447 e. The number of pyridine rings is 1. The van der Waals surface area contributed by atoms with Gasteiger partial charge in [-0.05, 0) is 30.7 Å². The van der Waals surface area contributed by atoms with Crippen molar-refractivity contribution in [3.05, 3.63) is 30.1 Å². The van der Waals surface area contributed by atoms with Crippen LogP contribution in [0.15, 0.2) is 24.5 Å². The monoisotopic (exact) mass is 221 g/mol. The maximum Gasteiger partial charge on any atom is 0.410 e. The molecule has 16 heavy (non-hydrogen) atoms. The van der Waals surface area contributed by atoms with E-state index < -0.39 is 0 Å². The van der Waals surface area contributed by atoms with Gasteiger partial charge < -0.3 is 10.5 Å². The third-order valence-electron chi connectivity index (χ3n) is 2.68. The molecule has 1 atom stereocenters. The molecule has 0 saturated carbocycles. The molecule has 2 rings (SSSR count). The Labute approximate surface area is 94.2 Å². The van der Waals surface area contributed by atoms with Crippen LogP contribution in [0.25, 0.3) is 0 Å². The van der Waals surface area contributed by atoms with Crippen molar-refractivity contribution in [2.45, 2.75) is 19.0 Å². The van der Waals surface area contributed by atoms with Crippen molar-refractivity contribution in [2.24, 2.45) is 5.73 Å².